The first-order valence-corrected chi connectivity index (χ1v) is 8.50. The van der Waals surface area contributed by atoms with Gasteiger partial charge in [0.05, 0.1) is 12.8 Å². The van der Waals surface area contributed by atoms with E-state index in [0.29, 0.717) is 17.0 Å². The molecule has 0 saturated heterocycles. The molecule has 1 heterocycles. The number of allylic oxidation sites excluding steroid dienone is 2. The predicted molar refractivity (Wildman–Crippen MR) is 97.1 cm³/mol. The van der Waals surface area contributed by atoms with Gasteiger partial charge in [-0.25, -0.2) is 0 Å². The quantitative estimate of drug-likeness (QED) is 0.687. The molecule has 2 bridgehead atoms. The SMILES string of the molecule is COc1cc(-n2c(O)c3c(c2O)[C@H]2C=C[C@@H]3C2)c2ccccc2c1C#N. The number of hydrogen-bond donors (Lipinski definition) is 2. The van der Waals surface area contributed by atoms with Crippen molar-refractivity contribution in [2.45, 2.75) is 18.3 Å². The number of fused-ring (bicyclic) bond motifs is 6. The van der Waals surface area contributed by atoms with E-state index in [1.54, 1.807) is 6.07 Å². The van der Waals surface area contributed by atoms with Gasteiger partial charge in [0, 0.05) is 39.8 Å². The minimum Gasteiger partial charge on any atom is -0.495 e. The van der Waals surface area contributed by atoms with Gasteiger partial charge < -0.3 is 14.9 Å². The van der Waals surface area contributed by atoms with E-state index in [4.69, 9.17) is 4.74 Å². The first kappa shape index (κ1) is 14.9. The zero-order valence-electron chi connectivity index (χ0n) is 14.1. The third-order valence-corrected chi connectivity index (χ3v) is 5.58. The molecule has 0 amide bonds. The van der Waals surface area contributed by atoms with E-state index in [-0.39, 0.29) is 23.6 Å². The Morgan fingerprint density at radius 1 is 1.08 bits per heavy atom. The van der Waals surface area contributed by atoms with Crippen LogP contribution < -0.4 is 4.74 Å². The zero-order valence-corrected chi connectivity index (χ0v) is 14.1. The zero-order chi connectivity index (χ0) is 18.0. The fraction of sp³-hybridized carbons (Fsp3) is 0.190. The highest BCUT2D eigenvalue weighted by molar-refractivity contribution is 5.97. The summed E-state index contributed by atoms with van der Waals surface area (Å²) in [7, 11) is 1.51. The Morgan fingerprint density at radius 2 is 1.69 bits per heavy atom. The van der Waals surface area contributed by atoms with Crippen LogP contribution in [0.25, 0.3) is 16.5 Å². The van der Waals surface area contributed by atoms with E-state index < -0.39 is 0 Å². The van der Waals surface area contributed by atoms with Crippen molar-refractivity contribution in [2.75, 3.05) is 7.11 Å². The number of methoxy groups -OCH3 is 1. The first-order chi connectivity index (χ1) is 12.7. The molecule has 2 aliphatic rings. The molecule has 2 atom stereocenters. The monoisotopic (exact) mass is 344 g/mol. The van der Waals surface area contributed by atoms with Crippen molar-refractivity contribution < 1.29 is 14.9 Å². The van der Waals surface area contributed by atoms with Crippen molar-refractivity contribution in [1.82, 2.24) is 4.57 Å². The van der Waals surface area contributed by atoms with Gasteiger partial charge in [-0.2, -0.15) is 5.26 Å². The molecule has 2 N–H and O–H groups in total. The molecule has 2 aliphatic carbocycles. The molecule has 26 heavy (non-hydrogen) atoms. The lowest BCUT2D eigenvalue weighted by Crippen LogP contribution is -2.00. The molecule has 0 unspecified atom stereocenters. The molecule has 0 saturated carbocycles. The largest absolute Gasteiger partial charge is 0.495 e. The summed E-state index contributed by atoms with van der Waals surface area (Å²) < 4.78 is 6.88. The summed E-state index contributed by atoms with van der Waals surface area (Å²) in [5.41, 5.74) is 2.65. The van der Waals surface area contributed by atoms with Crippen molar-refractivity contribution >= 4 is 10.8 Å². The van der Waals surface area contributed by atoms with Crippen LogP contribution in [0.15, 0.2) is 42.5 Å². The van der Waals surface area contributed by atoms with Crippen molar-refractivity contribution in [2.24, 2.45) is 0 Å². The summed E-state index contributed by atoms with van der Waals surface area (Å²) in [5, 5.41) is 32.9. The maximum Gasteiger partial charge on any atom is 0.202 e. The molecule has 0 fully saturated rings. The van der Waals surface area contributed by atoms with Crippen LogP contribution in [-0.4, -0.2) is 21.9 Å². The van der Waals surface area contributed by atoms with Crippen molar-refractivity contribution in [3.63, 3.8) is 0 Å². The van der Waals surface area contributed by atoms with E-state index in [1.807, 2.05) is 24.3 Å². The second-order valence-electron chi connectivity index (χ2n) is 6.77. The fourth-order valence-electron chi connectivity index (χ4n) is 4.46. The Bertz CT molecular complexity index is 1110. The van der Waals surface area contributed by atoms with Gasteiger partial charge in [-0.05, 0) is 6.42 Å². The number of nitrogens with zero attached hydrogens (tertiary/aromatic N) is 2. The Labute approximate surface area is 150 Å². The second kappa shape index (κ2) is 5.06. The minimum atomic E-state index is 0.0614. The lowest BCUT2D eigenvalue weighted by atomic mass is 10.0. The van der Waals surface area contributed by atoms with Gasteiger partial charge in [0.15, 0.2) is 0 Å². The third kappa shape index (κ3) is 1.68. The molecule has 5 nitrogen and oxygen atoms in total. The van der Waals surface area contributed by atoms with Gasteiger partial charge >= 0.3 is 0 Å². The summed E-state index contributed by atoms with van der Waals surface area (Å²) in [4.78, 5) is 0. The standard InChI is InChI=1S/C21H16N2O3/c1-26-17-9-16(14-5-3-2-4-13(14)15(17)10-22)23-20(24)18-11-6-7-12(8-11)19(18)21(23)25/h2-7,9,11-12,24-25H,8H2,1H3/t11-,12+. The highest BCUT2D eigenvalue weighted by atomic mass is 16.5. The van der Waals surface area contributed by atoms with Gasteiger partial charge in [0.25, 0.3) is 0 Å². The summed E-state index contributed by atoms with van der Waals surface area (Å²) in [5.74, 6) is 0.829. The van der Waals surface area contributed by atoms with Gasteiger partial charge in [-0.3, -0.25) is 4.57 Å². The van der Waals surface area contributed by atoms with Gasteiger partial charge in [-0.15, -0.1) is 0 Å². The molecule has 5 heteroatoms. The number of aromatic nitrogens is 1. The van der Waals surface area contributed by atoms with Crippen LogP contribution in [-0.2, 0) is 0 Å². The Hall–Kier alpha value is -3.39. The van der Waals surface area contributed by atoms with Gasteiger partial charge in [0.1, 0.15) is 17.4 Å². The van der Waals surface area contributed by atoms with Crippen LogP contribution in [0, 0.1) is 11.3 Å². The summed E-state index contributed by atoms with van der Waals surface area (Å²) in [6.45, 7) is 0. The summed E-state index contributed by atoms with van der Waals surface area (Å²) >= 11 is 0. The van der Waals surface area contributed by atoms with E-state index >= 15 is 0 Å². The van der Waals surface area contributed by atoms with E-state index in [1.165, 1.54) is 11.7 Å². The van der Waals surface area contributed by atoms with Crippen LogP contribution in [0.1, 0.15) is 34.9 Å². The van der Waals surface area contributed by atoms with Crippen LogP contribution >= 0.6 is 0 Å². The van der Waals surface area contributed by atoms with Crippen LogP contribution in [0.4, 0.5) is 0 Å². The number of aromatic hydroxyl groups is 2. The topological polar surface area (TPSA) is 78.4 Å². The van der Waals surface area contributed by atoms with E-state index in [2.05, 4.69) is 18.2 Å². The smallest absolute Gasteiger partial charge is 0.202 e. The molecule has 1 aromatic heterocycles. The number of ether oxygens (including phenoxy) is 1. The normalized spacial score (nSPS) is 19.7. The van der Waals surface area contributed by atoms with Gasteiger partial charge in [0.2, 0.25) is 11.8 Å². The molecule has 2 aromatic carbocycles. The van der Waals surface area contributed by atoms with Gasteiger partial charge in [-0.1, -0.05) is 36.4 Å². The molecule has 0 spiro atoms. The molecule has 5 rings (SSSR count). The lowest BCUT2D eigenvalue weighted by Gasteiger charge is -2.15. The van der Waals surface area contributed by atoms with Crippen LogP contribution in [0.5, 0.6) is 17.5 Å². The number of rotatable bonds is 2. The fourth-order valence-corrected chi connectivity index (χ4v) is 4.46. The number of benzene rings is 2. The lowest BCUT2D eigenvalue weighted by molar-refractivity contribution is 0.394. The minimum absolute atomic E-state index is 0.0614. The Balaban J connectivity index is 1.87. The average Bonchev–Trinajstić information content (AvgIpc) is 3.34. The predicted octanol–water partition coefficient (Wildman–Crippen LogP) is 4.06. The molecule has 0 radical (unpaired) electrons. The number of hydrogen-bond acceptors (Lipinski definition) is 4. The van der Waals surface area contributed by atoms with Crippen molar-refractivity contribution in [3.8, 4) is 29.3 Å². The van der Waals surface area contributed by atoms with E-state index in [9.17, 15) is 15.5 Å². The van der Waals surface area contributed by atoms with Crippen molar-refractivity contribution in [3.05, 3.63) is 59.2 Å². The van der Waals surface area contributed by atoms with E-state index in [0.717, 1.165) is 28.3 Å². The Morgan fingerprint density at radius 3 is 2.27 bits per heavy atom. The molecule has 0 aliphatic heterocycles. The van der Waals surface area contributed by atoms with Crippen LogP contribution in [0.2, 0.25) is 0 Å². The Kier molecular flexibility index (Phi) is 2.90. The average molecular weight is 344 g/mol. The molecular formula is C21H16N2O3. The first-order valence-electron chi connectivity index (χ1n) is 8.50. The third-order valence-electron chi connectivity index (χ3n) is 5.58. The molecule has 128 valence electrons. The second-order valence-corrected chi connectivity index (χ2v) is 6.77. The highest BCUT2D eigenvalue weighted by Gasteiger charge is 2.41. The summed E-state index contributed by atoms with van der Waals surface area (Å²) in [6, 6.07) is 11.3. The molecule has 3 aromatic rings. The molecular weight excluding hydrogens is 328 g/mol. The number of nitriles is 1. The summed E-state index contributed by atoms with van der Waals surface area (Å²) in [6.07, 6.45) is 5.09. The van der Waals surface area contributed by atoms with Crippen LogP contribution in [0.3, 0.4) is 0 Å². The maximum absolute atomic E-state index is 10.9. The maximum atomic E-state index is 10.9. The highest BCUT2D eigenvalue weighted by Crippen LogP contribution is 2.57. The van der Waals surface area contributed by atoms with Crippen molar-refractivity contribution in [1.29, 1.82) is 5.26 Å².